The van der Waals surface area contributed by atoms with Crippen LogP contribution < -0.4 is 4.74 Å². The maximum atomic E-state index is 13.1. The van der Waals surface area contributed by atoms with Crippen LogP contribution in [0.3, 0.4) is 0 Å². The van der Waals surface area contributed by atoms with Crippen LogP contribution in [0.5, 0.6) is 5.75 Å². The standard InChI is InChI=1S/C25H31N5O2S/c1-3-29(20-8-6-5-7-9-20)23(31)18-33-25-28-27-24(19-14-16-26-17-15-19)30(25)21-10-12-22(13-11-21)32-4-2/h10-17,20H,3-9,18H2,1-2H3. The maximum absolute atomic E-state index is 13.1. The number of ether oxygens (including phenoxy) is 1. The van der Waals surface area contributed by atoms with Crippen LogP contribution in [0.4, 0.5) is 0 Å². The van der Waals surface area contributed by atoms with Crippen molar-refractivity contribution >= 4 is 17.7 Å². The summed E-state index contributed by atoms with van der Waals surface area (Å²) in [5, 5.41) is 9.61. The van der Waals surface area contributed by atoms with E-state index in [-0.39, 0.29) is 5.91 Å². The van der Waals surface area contributed by atoms with Crippen LogP contribution in [0.25, 0.3) is 17.1 Å². The number of pyridine rings is 1. The Morgan fingerprint density at radius 2 is 1.79 bits per heavy atom. The quantitative estimate of drug-likeness (QED) is 0.414. The van der Waals surface area contributed by atoms with E-state index >= 15 is 0 Å². The van der Waals surface area contributed by atoms with Crippen LogP contribution >= 0.6 is 11.8 Å². The fraction of sp³-hybridized carbons (Fsp3) is 0.440. The summed E-state index contributed by atoms with van der Waals surface area (Å²) < 4.78 is 7.59. The van der Waals surface area contributed by atoms with Crippen LogP contribution in [0.1, 0.15) is 46.0 Å². The molecule has 1 saturated carbocycles. The number of hydrogen-bond donors (Lipinski definition) is 0. The number of nitrogens with zero attached hydrogens (tertiary/aromatic N) is 5. The second-order valence-electron chi connectivity index (χ2n) is 8.06. The Balaban J connectivity index is 1.58. The van der Waals surface area contributed by atoms with E-state index in [2.05, 4.69) is 22.1 Å². The van der Waals surface area contributed by atoms with Crippen LogP contribution in [-0.2, 0) is 4.79 Å². The summed E-state index contributed by atoms with van der Waals surface area (Å²) in [6.07, 6.45) is 9.40. The molecule has 33 heavy (non-hydrogen) atoms. The molecule has 3 aromatic rings. The van der Waals surface area contributed by atoms with Gasteiger partial charge in [-0.1, -0.05) is 31.0 Å². The first-order chi connectivity index (χ1) is 16.2. The lowest BCUT2D eigenvalue weighted by molar-refractivity contribution is -0.131. The number of benzene rings is 1. The van der Waals surface area contributed by atoms with E-state index in [4.69, 9.17) is 4.74 Å². The molecule has 0 unspecified atom stereocenters. The Kier molecular flexibility index (Phi) is 7.99. The molecule has 0 radical (unpaired) electrons. The average Bonchev–Trinajstić information content (AvgIpc) is 3.29. The van der Waals surface area contributed by atoms with Gasteiger partial charge in [-0.25, -0.2) is 0 Å². The summed E-state index contributed by atoms with van der Waals surface area (Å²) in [6.45, 7) is 5.40. The van der Waals surface area contributed by atoms with Gasteiger partial charge in [0.05, 0.1) is 12.4 Å². The molecule has 4 rings (SSSR count). The summed E-state index contributed by atoms with van der Waals surface area (Å²) in [5.74, 6) is 2.04. The van der Waals surface area contributed by atoms with Gasteiger partial charge >= 0.3 is 0 Å². The van der Waals surface area contributed by atoms with Crippen molar-refractivity contribution in [3.05, 3.63) is 48.8 Å². The number of thioether (sulfide) groups is 1. The summed E-state index contributed by atoms with van der Waals surface area (Å²) in [5.41, 5.74) is 1.84. The summed E-state index contributed by atoms with van der Waals surface area (Å²) in [6, 6.07) is 12.1. The van der Waals surface area contributed by atoms with Crippen molar-refractivity contribution in [2.24, 2.45) is 0 Å². The lowest BCUT2D eigenvalue weighted by Gasteiger charge is -2.33. The highest BCUT2D eigenvalue weighted by Crippen LogP contribution is 2.30. The van der Waals surface area contributed by atoms with Gasteiger partial charge in [-0.3, -0.25) is 14.3 Å². The Morgan fingerprint density at radius 1 is 1.06 bits per heavy atom. The lowest BCUT2D eigenvalue weighted by Crippen LogP contribution is -2.42. The first-order valence-electron chi connectivity index (χ1n) is 11.7. The molecule has 8 heteroatoms. The fourth-order valence-electron chi connectivity index (χ4n) is 4.38. The van der Waals surface area contributed by atoms with Crippen molar-refractivity contribution in [1.82, 2.24) is 24.6 Å². The highest BCUT2D eigenvalue weighted by molar-refractivity contribution is 7.99. The van der Waals surface area contributed by atoms with Gasteiger partial charge in [0.25, 0.3) is 0 Å². The van der Waals surface area contributed by atoms with Crippen LogP contribution in [0, 0.1) is 0 Å². The Bertz CT molecular complexity index is 1030. The summed E-state index contributed by atoms with van der Waals surface area (Å²) in [4.78, 5) is 19.3. The van der Waals surface area contributed by atoms with Crippen LogP contribution in [-0.4, -0.2) is 55.5 Å². The number of hydrogen-bond acceptors (Lipinski definition) is 6. The molecule has 1 aliphatic rings. The van der Waals surface area contributed by atoms with E-state index in [0.29, 0.717) is 23.6 Å². The van der Waals surface area contributed by atoms with E-state index < -0.39 is 0 Å². The summed E-state index contributed by atoms with van der Waals surface area (Å²) in [7, 11) is 0. The molecule has 0 bridgehead atoms. The first kappa shape index (κ1) is 23.3. The topological polar surface area (TPSA) is 73.1 Å². The molecular weight excluding hydrogens is 434 g/mol. The Morgan fingerprint density at radius 3 is 2.45 bits per heavy atom. The van der Waals surface area contributed by atoms with Gasteiger partial charge < -0.3 is 9.64 Å². The van der Waals surface area contributed by atoms with Gasteiger partial charge in [-0.15, -0.1) is 10.2 Å². The molecule has 1 amide bonds. The minimum absolute atomic E-state index is 0.168. The zero-order valence-corrected chi connectivity index (χ0v) is 20.1. The summed E-state index contributed by atoms with van der Waals surface area (Å²) >= 11 is 1.44. The lowest BCUT2D eigenvalue weighted by atomic mass is 9.94. The van der Waals surface area contributed by atoms with Gasteiger partial charge in [0, 0.05) is 36.2 Å². The molecule has 0 saturated heterocycles. The number of amides is 1. The van der Waals surface area contributed by atoms with Gasteiger partial charge in [-0.2, -0.15) is 0 Å². The van der Waals surface area contributed by atoms with E-state index in [0.717, 1.165) is 42.2 Å². The first-order valence-corrected chi connectivity index (χ1v) is 12.7. The van der Waals surface area contributed by atoms with Gasteiger partial charge in [0.1, 0.15) is 5.75 Å². The molecule has 0 N–H and O–H groups in total. The van der Waals surface area contributed by atoms with Gasteiger partial charge in [0.2, 0.25) is 5.91 Å². The third-order valence-corrected chi connectivity index (χ3v) is 6.89. The second-order valence-corrected chi connectivity index (χ2v) is 9.01. The molecule has 2 aromatic heterocycles. The normalized spacial score (nSPS) is 14.2. The van der Waals surface area contributed by atoms with Crippen molar-refractivity contribution in [3.8, 4) is 22.8 Å². The number of rotatable bonds is 9. The Hall–Kier alpha value is -2.87. The molecule has 0 aliphatic heterocycles. The van der Waals surface area contributed by atoms with Gasteiger partial charge in [0.15, 0.2) is 11.0 Å². The molecule has 1 fully saturated rings. The highest BCUT2D eigenvalue weighted by atomic mass is 32.2. The molecule has 174 valence electrons. The third-order valence-electron chi connectivity index (χ3n) is 5.98. The Labute approximate surface area is 199 Å². The molecule has 0 atom stereocenters. The zero-order valence-electron chi connectivity index (χ0n) is 19.3. The monoisotopic (exact) mass is 465 g/mol. The molecule has 1 aliphatic carbocycles. The molecular formula is C25H31N5O2S. The van der Waals surface area contributed by atoms with E-state index in [9.17, 15) is 4.79 Å². The minimum atomic E-state index is 0.168. The van der Waals surface area contributed by atoms with E-state index in [1.807, 2.05) is 52.8 Å². The number of carbonyl (C=O) groups excluding carboxylic acids is 1. The smallest absolute Gasteiger partial charge is 0.233 e. The van der Waals surface area contributed by atoms with Crippen LogP contribution in [0.15, 0.2) is 53.9 Å². The predicted molar refractivity (Wildman–Crippen MR) is 131 cm³/mol. The fourth-order valence-corrected chi connectivity index (χ4v) is 5.22. The maximum Gasteiger partial charge on any atom is 0.233 e. The van der Waals surface area contributed by atoms with E-state index in [1.54, 1.807) is 12.4 Å². The second kappa shape index (κ2) is 11.3. The molecule has 7 nitrogen and oxygen atoms in total. The zero-order chi connectivity index (χ0) is 23.0. The molecule has 1 aromatic carbocycles. The van der Waals surface area contributed by atoms with Gasteiger partial charge in [-0.05, 0) is 63.1 Å². The van der Waals surface area contributed by atoms with Crippen LogP contribution in [0.2, 0.25) is 0 Å². The highest BCUT2D eigenvalue weighted by Gasteiger charge is 2.25. The SMILES string of the molecule is CCOc1ccc(-n2c(SCC(=O)N(CC)C3CCCCC3)nnc2-c2ccncc2)cc1. The van der Waals surface area contributed by atoms with Crippen molar-refractivity contribution in [3.63, 3.8) is 0 Å². The van der Waals surface area contributed by atoms with Crippen molar-refractivity contribution in [2.75, 3.05) is 18.9 Å². The largest absolute Gasteiger partial charge is 0.494 e. The van der Waals surface area contributed by atoms with Crippen molar-refractivity contribution in [2.45, 2.75) is 57.1 Å². The number of aromatic nitrogens is 4. The van der Waals surface area contributed by atoms with E-state index in [1.165, 1.54) is 31.0 Å². The molecule has 2 heterocycles. The predicted octanol–water partition coefficient (Wildman–Crippen LogP) is 5.00. The van der Waals surface area contributed by atoms with Crippen molar-refractivity contribution in [1.29, 1.82) is 0 Å². The molecule has 0 spiro atoms. The minimum Gasteiger partial charge on any atom is -0.494 e. The average molecular weight is 466 g/mol. The number of carbonyl (C=O) groups is 1. The third kappa shape index (κ3) is 5.55. The van der Waals surface area contributed by atoms with Crippen molar-refractivity contribution < 1.29 is 9.53 Å².